The number of carbonyl (C=O) groups is 1. The molecule has 80 valence electrons. The molecule has 0 saturated heterocycles. The molecule has 0 fully saturated rings. The van der Waals surface area contributed by atoms with E-state index in [0.29, 0.717) is 6.42 Å². The molecule has 0 aliphatic carbocycles. The molecule has 0 aliphatic heterocycles. The maximum Gasteiger partial charge on any atom is 0.234 e. The van der Waals surface area contributed by atoms with Crippen LogP contribution in [-0.2, 0) is 4.79 Å². The Morgan fingerprint density at radius 1 is 1.50 bits per heavy atom. The molecule has 1 unspecified atom stereocenters. The molecule has 14 heavy (non-hydrogen) atoms. The number of hydrogen-bond donors (Lipinski definition) is 2. The van der Waals surface area contributed by atoms with E-state index in [0.717, 1.165) is 0 Å². The first-order valence-corrected chi connectivity index (χ1v) is 4.83. The summed E-state index contributed by atoms with van der Waals surface area (Å²) >= 11 is 0. The zero-order chi connectivity index (χ0) is 11.2. The predicted molar refractivity (Wildman–Crippen MR) is 55.6 cm³/mol. The third-order valence-corrected chi connectivity index (χ3v) is 1.59. The summed E-state index contributed by atoms with van der Waals surface area (Å²) in [6.07, 6.45) is 0.708. The Morgan fingerprint density at radius 3 is 2.43 bits per heavy atom. The number of carbonyl (C=O) groups excluding carboxylic acids is 1. The molecular weight excluding hydrogens is 178 g/mol. The molecule has 0 radical (unpaired) electrons. The van der Waals surface area contributed by atoms with E-state index < -0.39 is 0 Å². The van der Waals surface area contributed by atoms with Gasteiger partial charge in [-0.05, 0) is 27.2 Å². The molecule has 0 heterocycles. The summed E-state index contributed by atoms with van der Waals surface area (Å²) in [5.74, 6) is -0.0776. The molecule has 4 nitrogen and oxygen atoms in total. The van der Waals surface area contributed by atoms with Crippen LogP contribution in [0.1, 0.15) is 34.1 Å². The highest BCUT2D eigenvalue weighted by atomic mass is 16.2. The first kappa shape index (κ1) is 12.9. The van der Waals surface area contributed by atoms with E-state index in [-0.39, 0.29) is 24.0 Å². The third kappa shape index (κ3) is 6.44. The van der Waals surface area contributed by atoms with Crippen LogP contribution in [0.25, 0.3) is 0 Å². The summed E-state index contributed by atoms with van der Waals surface area (Å²) in [5, 5.41) is 14.3. The van der Waals surface area contributed by atoms with E-state index in [1.54, 1.807) is 0 Å². The van der Waals surface area contributed by atoms with Gasteiger partial charge in [-0.1, -0.05) is 6.92 Å². The number of nitrogens with zero attached hydrogens (tertiary/aromatic N) is 1. The van der Waals surface area contributed by atoms with E-state index in [9.17, 15) is 4.79 Å². The van der Waals surface area contributed by atoms with E-state index >= 15 is 0 Å². The lowest BCUT2D eigenvalue weighted by atomic mass is 10.1. The molecule has 0 aromatic carbocycles. The highest BCUT2D eigenvalue weighted by Gasteiger charge is 2.14. The lowest BCUT2D eigenvalue weighted by molar-refractivity contribution is -0.121. The minimum absolute atomic E-state index is 0.0776. The quantitative estimate of drug-likeness (QED) is 0.700. The Balaban J connectivity index is 3.81. The second-order valence-corrected chi connectivity index (χ2v) is 4.27. The van der Waals surface area contributed by atoms with Gasteiger partial charge >= 0.3 is 0 Å². The molecule has 2 N–H and O–H groups in total. The zero-order valence-corrected chi connectivity index (χ0v) is 9.35. The molecule has 0 aromatic heterocycles. The van der Waals surface area contributed by atoms with Crippen molar-refractivity contribution in [1.29, 1.82) is 5.26 Å². The van der Waals surface area contributed by atoms with Gasteiger partial charge in [-0.15, -0.1) is 0 Å². The van der Waals surface area contributed by atoms with Crippen molar-refractivity contribution in [2.45, 2.75) is 45.7 Å². The van der Waals surface area contributed by atoms with Gasteiger partial charge in [0.25, 0.3) is 0 Å². The molecule has 0 aliphatic rings. The van der Waals surface area contributed by atoms with Gasteiger partial charge in [0.15, 0.2) is 0 Å². The Labute approximate surface area is 85.7 Å². The minimum Gasteiger partial charge on any atom is -0.350 e. The summed E-state index contributed by atoms with van der Waals surface area (Å²) in [4.78, 5) is 11.3. The average molecular weight is 197 g/mol. The van der Waals surface area contributed by atoms with Crippen molar-refractivity contribution in [2.24, 2.45) is 0 Å². The van der Waals surface area contributed by atoms with E-state index in [4.69, 9.17) is 5.26 Å². The fraction of sp³-hybridized carbons (Fsp3) is 0.800. The van der Waals surface area contributed by atoms with Gasteiger partial charge in [-0.2, -0.15) is 5.26 Å². The number of rotatable bonds is 4. The molecular formula is C10H19N3O. The third-order valence-electron chi connectivity index (χ3n) is 1.59. The van der Waals surface area contributed by atoms with Crippen molar-refractivity contribution in [3.8, 4) is 6.07 Å². The number of amides is 1. The van der Waals surface area contributed by atoms with E-state index in [1.165, 1.54) is 0 Å². The maximum atomic E-state index is 11.3. The monoisotopic (exact) mass is 197 g/mol. The SMILES string of the molecule is CCC(C#N)NCC(=O)NC(C)(C)C. The maximum absolute atomic E-state index is 11.3. The molecule has 0 bridgehead atoms. The standard InChI is InChI=1S/C10H19N3O/c1-5-8(6-11)12-7-9(14)13-10(2,3)4/h8,12H,5,7H2,1-4H3,(H,13,14). The van der Waals surface area contributed by atoms with Crippen molar-refractivity contribution in [3.63, 3.8) is 0 Å². The van der Waals surface area contributed by atoms with Gasteiger partial charge in [0, 0.05) is 5.54 Å². The number of nitrogens with one attached hydrogen (secondary N) is 2. The molecule has 1 amide bonds. The Bertz CT molecular complexity index is 225. The van der Waals surface area contributed by atoms with Crippen molar-refractivity contribution in [3.05, 3.63) is 0 Å². The van der Waals surface area contributed by atoms with E-state index in [1.807, 2.05) is 27.7 Å². The van der Waals surface area contributed by atoms with Crippen LogP contribution in [-0.4, -0.2) is 24.0 Å². The van der Waals surface area contributed by atoms with Crippen LogP contribution in [0.5, 0.6) is 0 Å². The van der Waals surface area contributed by atoms with Crippen molar-refractivity contribution >= 4 is 5.91 Å². The Hall–Kier alpha value is -1.08. The molecule has 1 atom stereocenters. The molecule has 0 saturated carbocycles. The second-order valence-electron chi connectivity index (χ2n) is 4.27. The number of nitriles is 1. The molecule has 0 rings (SSSR count). The Kier molecular flexibility index (Phi) is 5.18. The van der Waals surface area contributed by atoms with Gasteiger partial charge in [0.2, 0.25) is 5.91 Å². The first-order valence-electron chi connectivity index (χ1n) is 4.83. The molecule has 0 aromatic rings. The molecule has 4 heteroatoms. The van der Waals surface area contributed by atoms with Crippen LogP contribution >= 0.6 is 0 Å². The fourth-order valence-electron chi connectivity index (χ4n) is 0.960. The number of hydrogen-bond acceptors (Lipinski definition) is 3. The van der Waals surface area contributed by atoms with Crippen molar-refractivity contribution < 1.29 is 4.79 Å². The second kappa shape index (κ2) is 5.61. The van der Waals surface area contributed by atoms with Gasteiger partial charge in [0.05, 0.1) is 18.7 Å². The highest BCUT2D eigenvalue weighted by Crippen LogP contribution is 1.97. The Morgan fingerprint density at radius 2 is 2.07 bits per heavy atom. The van der Waals surface area contributed by atoms with Gasteiger partial charge in [-0.25, -0.2) is 0 Å². The normalized spacial score (nSPS) is 13.1. The molecule has 0 spiro atoms. The highest BCUT2D eigenvalue weighted by molar-refractivity contribution is 5.78. The largest absolute Gasteiger partial charge is 0.350 e. The smallest absolute Gasteiger partial charge is 0.234 e. The van der Waals surface area contributed by atoms with Crippen LogP contribution < -0.4 is 10.6 Å². The first-order chi connectivity index (χ1) is 6.39. The van der Waals surface area contributed by atoms with Gasteiger partial charge in [0.1, 0.15) is 0 Å². The van der Waals surface area contributed by atoms with E-state index in [2.05, 4.69) is 16.7 Å². The average Bonchev–Trinajstić information content (AvgIpc) is 2.03. The van der Waals surface area contributed by atoms with Crippen LogP contribution in [0.2, 0.25) is 0 Å². The zero-order valence-electron chi connectivity index (χ0n) is 9.35. The summed E-state index contributed by atoms with van der Waals surface area (Å²) in [7, 11) is 0. The summed E-state index contributed by atoms with van der Waals surface area (Å²) in [6.45, 7) is 7.87. The lowest BCUT2D eigenvalue weighted by Crippen LogP contribution is -2.46. The van der Waals surface area contributed by atoms with Crippen molar-refractivity contribution in [1.82, 2.24) is 10.6 Å². The van der Waals surface area contributed by atoms with Crippen molar-refractivity contribution in [2.75, 3.05) is 6.54 Å². The van der Waals surface area contributed by atoms with Gasteiger partial charge < -0.3 is 5.32 Å². The fourth-order valence-corrected chi connectivity index (χ4v) is 0.960. The summed E-state index contributed by atoms with van der Waals surface area (Å²) in [5.41, 5.74) is -0.215. The summed E-state index contributed by atoms with van der Waals surface area (Å²) in [6, 6.07) is 1.84. The van der Waals surface area contributed by atoms with Crippen LogP contribution in [0.15, 0.2) is 0 Å². The topological polar surface area (TPSA) is 64.9 Å². The predicted octanol–water partition coefficient (Wildman–Crippen LogP) is 0.793. The van der Waals surface area contributed by atoms with Crippen LogP contribution in [0.3, 0.4) is 0 Å². The van der Waals surface area contributed by atoms with Crippen LogP contribution in [0.4, 0.5) is 0 Å². The minimum atomic E-state index is -0.235. The summed E-state index contributed by atoms with van der Waals surface area (Å²) < 4.78 is 0. The van der Waals surface area contributed by atoms with Crippen LogP contribution in [0, 0.1) is 11.3 Å². The lowest BCUT2D eigenvalue weighted by Gasteiger charge is -2.21. The van der Waals surface area contributed by atoms with Gasteiger partial charge in [-0.3, -0.25) is 10.1 Å².